The van der Waals surface area contributed by atoms with Crippen LogP contribution in [-0.4, -0.2) is 35.6 Å². The van der Waals surface area contributed by atoms with Crippen LogP contribution in [0.2, 0.25) is 0 Å². The summed E-state index contributed by atoms with van der Waals surface area (Å²) in [5, 5.41) is 21.4. The standard InChI is InChI=1S/C33H52O3/c1-9-18-36-27-20-28(2,3)19-23-22-10-11-25-30(5)14-13-26(35)31(6,21-34)24(30)12-15-33(25,8)32(22,7)17-16-29(23,27)4/h1,10,23-27,34-35H,11-21H2,2-8H3/t23-,24?,25?,26-,27+,29+,30-,31+,32+,33+/m0/s1. The number of allylic oxidation sites excluding steroid dienone is 2. The summed E-state index contributed by atoms with van der Waals surface area (Å²) in [7, 11) is 0. The molecule has 0 radical (unpaired) electrons. The van der Waals surface area contributed by atoms with Crippen LogP contribution in [0.3, 0.4) is 0 Å². The first-order valence-corrected chi connectivity index (χ1v) is 14.8. The van der Waals surface area contributed by atoms with Crippen molar-refractivity contribution in [1.29, 1.82) is 0 Å². The Morgan fingerprint density at radius 3 is 2.33 bits per heavy atom. The quantitative estimate of drug-likeness (QED) is 0.335. The molecule has 0 aliphatic heterocycles. The van der Waals surface area contributed by atoms with Gasteiger partial charge in [0.25, 0.3) is 0 Å². The van der Waals surface area contributed by atoms with Crippen LogP contribution in [0.5, 0.6) is 0 Å². The summed E-state index contributed by atoms with van der Waals surface area (Å²) in [6.45, 7) is 17.7. The molecule has 4 saturated carbocycles. The topological polar surface area (TPSA) is 49.7 Å². The number of rotatable bonds is 3. The van der Waals surface area contributed by atoms with Crippen molar-refractivity contribution < 1.29 is 14.9 Å². The lowest BCUT2D eigenvalue weighted by Gasteiger charge is -2.71. The van der Waals surface area contributed by atoms with E-state index in [1.54, 1.807) is 5.57 Å². The summed E-state index contributed by atoms with van der Waals surface area (Å²) in [5.74, 6) is 4.24. The summed E-state index contributed by atoms with van der Waals surface area (Å²) in [6, 6.07) is 0. The van der Waals surface area contributed by atoms with Gasteiger partial charge in [-0.25, -0.2) is 0 Å². The SMILES string of the molecule is C#CCO[C@@H]1CC(C)(C)C[C@H]2C3=CCC4[C@@]5(C)CC[C@H](O)[C@](C)(CO)C5CC[C@@]4(C)[C@]3(C)CC[C@@]12C. The number of terminal acetylenes is 1. The molecule has 3 nitrogen and oxygen atoms in total. The van der Waals surface area contributed by atoms with E-state index in [0.29, 0.717) is 24.4 Å². The van der Waals surface area contributed by atoms with Gasteiger partial charge in [-0.3, -0.25) is 0 Å². The van der Waals surface area contributed by atoms with Crippen molar-refractivity contribution in [3.05, 3.63) is 11.6 Å². The van der Waals surface area contributed by atoms with Gasteiger partial charge >= 0.3 is 0 Å². The van der Waals surface area contributed by atoms with E-state index in [0.717, 1.165) is 32.1 Å². The lowest BCUT2D eigenvalue weighted by atomic mass is 9.33. The molecule has 36 heavy (non-hydrogen) atoms. The summed E-state index contributed by atoms with van der Waals surface area (Å²) >= 11 is 0. The Hall–Kier alpha value is -0.820. The summed E-state index contributed by atoms with van der Waals surface area (Å²) in [5.41, 5.74) is 2.29. The molecule has 5 rings (SSSR count). The molecular weight excluding hydrogens is 444 g/mol. The number of hydrogen-bond donors (Lipinski definition) is 2. The number of aliphatic hydroxyl groups is 2. The van der Waals surface area contributed by atoms with Crippen LogP contribution >= 0.6 is 0 Å². The van der Waals surface area contributed by atoms with E-state index >= 15 is 0 Å². The molecule has 4 fully saturated rings. The van der Waals surface area contributed by atoms with Crippen molar-refractivity contribution in [1.82, 2.24) is 0 Å². The number of fused-ring (bicyclic) bond motifs is 7. The van der Waals surface area contributed by atoms with Gasteiger partial charge in [0.2, 0.25) is 0 Å². The van der Waals surface area contributed by atoms with Crippen LogP contribution in [-0.2, 0) is 4.74 Å². The zero-order valence-electron chi connectivity index (χ0n) is 24.1. The highest BCUT2D eigenvalue weighted by atomic mass is 16.5. The number of ether oxygens (including phenoxy) is 1. The fraction of sp³-hybridized carbons (Fsp3) is 0.879. The van der Waals surface area contributed by atoms with Crippen molar-refractivity contribution in [2.45, 2.75) is 118 Å². The molecule has 2 unspecified atom stereocenters. The summed E-state index contributed by atoms with van der Waals surface area (Å²) in [6.07, 6.45) is 18.2. The van der Waals surface area contributed by atoms with E-state index in [1.807, 2.05) is 0 Å². The Morgan fingerprint density at radius 2 is 1.67 bits per heavy atom. The molecule has 0 spiro atoms. The fourth-order valence-corrected chi connectivity index (χ4v) is 11.1. The third kappa shape index (κ3) is 3.36. The average molecular weight is 497 g/mol. The van der Waals surface area contributed by atoms with Gasteiger partial charge in [0.15, 0.2) is 0 Å². The largest absolute Gasteiger partial charge is 0.396 e. The predicted molar refractivity (Wildman–Crippen MR) is 146 cm³/mol. The van der Waals surface area contributed by atoms with Crippen molar-refractivity contribution in [2.75, 3.05) is 13.2 Å². The zero-order valence-corrected chi connectivity index (χ0v) is 24.1. The smallest absolute Gasteiger partial charge is 0.107 e. The van der Waals surface area contributed by atoms with Crippen molar-refractivity contribution in [2.24, 2.45) is 50.2 Å². The molecule has 0 saturated heterocycles. The highest BCUT2D eigenvalue weighted by Gasteiger charge is 2.69. The molecule has 0 aromatic heterocycles. The fourth-order valence-electron chi connectivity index (χ4n) is 11.1. The maximum Gasteiger partial charge on any atom is 0.107 e. The molecule has 0 heterocycles. The Morgan fingerprint density at radius 1 is 0.944 bits per heavy atom. The van der Waals surface area contributed by atoms with Gasteiger partial charge in [0, 0.05) is 10.8 Å². The normalized spacial score (nSPS) is 53.7. The Bertz CT molecular complexity index is 960. The van der Waals surface area contributed by atoms with Crippen LogP contribution < -0.4 is 0 Å². The maximum absolute atomic E-state index is 11.0. The zero-order chi connectivity index (χ0) is 26.4. The van der Waals surface area contributed by atoms with Gasteiger partial charge in [0.05, 0.1) is 18.8 Å². The molecule has 0 aromatic rings. The van der Waals surface area contributed by atoms with Crippen molar-refractivity contribution in [3.63, 3.8) is 0 Å². The average Bonchev–Trinajstić information content (AvgIpc) is 2.81. The molecule has 0 aromatic carbocycles. The van der Waals surface area contributed by atoms with Gasteiger partial charge in [-0.1, -0.05) is 66.0 Å². The minimum atomic E-state index is -0.394. The van der Waals surface area contributed by atoms with Gasteiger partial charge in [0.1, 0.15) is 6.61 Å². The number of hydrogen-bond acceptors (Lipinski definition) is 3. The second-order valence-electron chi connectivity index (χ2n) is 15.6. The highest BCUT2D eigenvalue weighted by Crippen LogP contribution is 2.75. The van der Waals surface area contributed by atoms with E-state index < -0.39 is 6.10 Å². The van der Waals surface area contributed by atoms with E-state index in [2.05, 4.69) is 60.5 Å². The van der Waals surface area contributed by atoms with Gasteiger partial charge in [-0.05, 0) is 97.2 Å². The highest BCUT2D eigenvalue weighted by molar-refractivity contribution is 5.34. The third-order valence-corrected chi connectivity index (χ3v) is 13.6. The molecule has 0 bridgehead atoms. The van der Waals surface area contributed by atoms with Crippen LogP contribution in [0.1, 0.15) is 106 Å². The minimum Gasteiger partial charge on any atom is -0.396 e. The Kier molecular flexibility index (Phi) is 6.20. The lowest BCUT2D eigenvalue weighted by molar-refractivity contribution is -0.219. The summed E-state index contributed by atoms with van der Waals surface area (Å²) < 4.78 is 6.41. The van der Waals surface area contributed by atoms with Crippen LogP contribution in [0, 0.1) is 62.6 Å². The summed E-state index contributed by atoms with van der Waals surface area (Å²) in [4.78, 5) is 0. The van der Waals surface area contributed by atoms with Crippen molar-refractivity contribution >= 4 is 0 Å². The Labute approximate surface area is 220 Å². The molecule has 3 heteroatoms. The van der Waals surface area contributed by atoms with E-state index in [-0.39, 0.29) is 45.2 Å². The van der Waals surface area contributed by atoms with E-state index in [4.69, 9.17) is 11.2 Å². The molecule has 5 aliphatic rings. The van der Waals surface area contributed by atoms with Crippen LogP contribution in [0.15, 0.2) is 11.6 Å². The molecule has 202 valence electrons. The third-order valence-electron chi connectivity index (χ3n) is 13.6. The molecule has 10 atom stereocenters. The maximum atomic E-state index is 11.0. The first-order chi connectivity index (χ1) is 16.7. The lowest BCUT2D eigenvalue weighted by Crippen LogP contribution is -2.66. The van der Waals surface area contributed by atoms with Crippen molar-refractivity contribution in [3.8, 4) is 12.3 Å². The van der Waals surface area contributed by atoms with E-state index in [1.165, 1.54) is 25.7 Å². The minimum absolute atomic E-state index is 0.0881. The molecule has 2 N–H and O–H groups in total. The Balaban J connectivity index is 1.56. The predicted octanol–water partition coefficient (Wildman–Crippen LogP) is 6.77. The first-order valence-electron chi connectivity index (χ1n) is 14.8. The second-order valence-corrected chi connectivity index (χ2v) is 15.6. The van der Waals surface area contributed by atoms with Gasteiger partial charge < -0.3 is 14.9 Å². The van der Waals surface area contributed by atoms with E-state index in [9.17, 15) is 10.2 Å². The molecular formula is C33H52O3. The monoisotopic (exact) mass is 496 g/mol. The van der Waals surface area contributed by atoms with Gasteiger partial charge in [-0.15, -0.1) is 6.42 Å². The second kappa shape index (κ2) is 8.34. The molecule has 5 aliphatic carbocycles. The number of aliphatic hydroxyl groups excluding tert-OH is 2. The van der Waals surface area contributed by atoms with Crippen LogP contribution in [0.4, 0.5) is 0 Å². The van der Waals surface area contributed by atoms with Crippen LogP contribution in [0.25, 0.3) is 0 Å². The first kappa shape index (κ1) is 26.8. The van der Waals surface area contributed by atoms with Gasteiger partial charge in [-0.2, -0.15) is 0 Å². The molecule has 0 amide bonds.